The zero-order valence-corrected chi connectivity index (χ0v) is 14.8. The van der Waals surface area contributed by atoms with E-state index in [0.717, 1.165) is 17.2 Å². The number of nitrogens with two attached hydrogens (primary N) is 1. The molecular weight excluding hydrogens is 342 g/mol. The highest BCUT2D eigenvalue weighted by Crippen LogP contribution is 2.30. The fourth-order valence-electron chi connectivity index (χ4n) is 3.20. The van der Waals surface area contributed by atoms with Gasteiger partial charge in [0.15, 0.2) is 0 Å². The summed E-state index contributed by atoms with van der Waals surface area (Å²) in [5.41, 5.74) is 6.08. The van der Waals surface area contributed by atoms with Gasteiger partial charge in [-0.15, -0.1) is 12.4 Å². The van der Waals surface area contributed by atoms with Crippen LogP contribution >= 0.6 is 12.4 Å². The summed E-state index contributed by atoms with van der Waals surface area (Å²) in [5, 5.41) is 4.87. The average molecular weight is 364 g/mol. The zero-order chi connectivity index (χ0) is 17.1. The molecule has 0 bridgehead atoms. The summed E-state index contributed by atoms with van der Waals surface area (Å²) in [6.07, 6.45) is 1.47. The number of likely N-dealkylation sites (tertiary alicyclic amines) is 1. The Morgan fingerprint density at radius 2 is 2.08 bits per heavy atom. The van der Waals surface area contributed by atoms with E-state index >= 15 is 0 Å². The van der Waals surface area contributed by atoms with E-state index in [-0.39, 0.29) is 30.8 Å². The van der Waals surface area contributed by atoms with Crippen LogP contribution in [0.5, 0.6) is 5.75 Å². The van der Waals surface area contributed by atoms with Crippen LogP contribution in [0, 0.1) is 0 Å². The van der Waals surface area contributed by atoms with Gasteiger partial charge in [-0.3, -0.25) is 9.59 Å². The van der Waals surface area contributed by atoms with Gasteiger partial charge in [0.1, 0.15) is 11.8 Å². The fourth-order valence-corrected chi connectivity index (χ4v) is 3.20. The number of hydrogen-bond donors (Lipinski definition) is 2. The first-order valence-corrected chi connectivity index (χ1v) is 8.01. The van der Waals surface area contributed by atoms with Gasteiger partial charge in [-0.05, 0) is 24.3 Å². The Labute approximate surface area is 152 Å². The molecule has 6 nitrogen and oxygen atoms in total. The van der Waals surface area contributed by atoms with Crippen molar-refractivity contribution >= 4 is 40.7 Å². The van der Waals surface area contributed by atoms with Gasteiger partial charge in [-0.25, -0.2) is 0 Å². The number of nitrogens with one attached hydrogen (secondary N) is 1. The van der Waals surface area contributed by atoms with Crippen molar-refractivity contribution in [3.63, 3.8) is 0 Å². The standard InChI is InChI=1S/C18H21N3O3.ClH/c1-24-16-10-13(9-12-5-2-3-6-14(12)16)20-18(23)15-7-4-8-21(15)17(22)11-19;/h2-3,5-6,9-10,15H,4,7-8,11,19H2,1H3,(H,20,23);1H. The fraction of sp³-hybridized carbons (Fsp3) is 0.333. The van der Waals surface area contributed by atoms with Crippen LogP contribution in [0.4, 0.5) is 5.69 Å². The molecular formula is C18H22ClN3O3. The summed E-state index contributed by atoms with van der Waals surface area (Å²) in [4.78, 5) is 26.0. The molecule has 25 heavy (non-hydrogen) atoms. The van der Waals surface area contributed by atoms with Crippen LogP contribution < -0.4 is 15.8 Å². The molecule has 0 aliphatic carbocycles. The monoisotopic (exact) mass is 363 g/mol. The third-order valence-electron chi connectivity index (χ3n) is 4.36. The SMILES string of the molecule is COc1cc(NC(=O)C2CCCN2C(=O)CN)cc2ccccc12.Cl. The minimum absolute atomic E-state index is 0. The first-order valence-electron chi connectivity index (χ1n) is 8.01. The number of anilines is 1. The van der Waals surface area contributed by atoms with Gasteiger partial charge >= 0.3 is 0 Å². The molecule has 3 rings (SSSR count). The number of methoxy groups -OCH3 is 1. The van der Waals surface area contributed by atoms with Gasteiger partial charge in [0, 0.05) is 23.7 Å². The number of carbonyl (C=O) groups is 2. The number of fused-ring (bicyclic) bond motifs is 1. The van der Waals surface area contributed by atoms with E-state index in [1.807, 2.05) is 30.3 Å². The first kappa shape index (κ1) is 19.0. The van der Waals surface area contributed by atoms with Crippen molar-refractivity contribution in [2.24, 2.45) is 5.73 Å². The molecule has 1 aliphatic rings. The Bertz CT molecular complexity index is 781. The molecule has 2 aromatic carbocycles. The van der Waals surface area contributed by atoms with Gasteiger partial charge in [0.05, 0.1) is 13.7 Å². The van der Waals surface area contributed by atoms with E-state index in [9.17, 15) is 9.59 Å². The number of benzene rings is 2. The molecule has 1 atom stereocenters. The molecule has 134 valence electrons. The third kappa shape index (κ3) is 3.86. The lowest BCUT2D eigenvalue weighted by atomic mass is 10.1. The van der Waals surface area contributed by atoms with E-state index in [1.165, 1.54) is 0 Å². The average Bonchev–Trinajstić information content (AvgIpc) is 3.10. The Hall–Kier alpha value is -2.31. The number of carbonyl (C=O) groups excluding carboxylic acids is 2. The van der Waals surface area contributed by atoms with Gasteiger partial charge in [0.2, 0.25) is 11.8 Å². The molecule has 7 heteroatoms. The van der Waals surface area contributed by atoms with E-state index in [1.54, 1.807) is 18.1 Å². The Morgan fingerprint density at radius 3 is 2.80 bits per heavy atom. The van der Waals surface area contributed by atoms with E-state index in [2.05, 4.69) is 5.32 Å². The molecule has 1 aliphatic heterocycles. The number of ether oxygens (including phenoxy) is 1. The maximum absolute atomic E-state index is 12.6. The number of nitrogens with zero attached hydrogens (tertiary/aromatic N) is 1. The summed E-state index contributed by atoms with van der Waals surface area (Å²) in [6.45, 7) is 0.503. The zero-order valence-electron chi connectivity index (χ0n) is 14.0. The quantitative estimate of drug-likeness (QED) is 0.871. The largest absolute Gasteiger partial charge is 0.496 e. The maximum Gasteiger partial charge on any atom is 0.247 e. The lowest BCUT2D eigenvalue weighted by Gasteiger charge is -2.23. The normalized spacial score (nSPS) is 16.4. The van der Waals surface area contributed by atoms with E-state index in [0.29, 0.717) is 24.4 Å². The molecule has 0 aromatic heterocycles. The van der Waals surface area contributed by atoms with Crippen LogP contribution in [0.25, 0.3) is 10.8 Å². The summed E-state index contributed by atoms with van der Waals surface area (Å²) >= 11 is 0. The van der Waals surface area contributed by atoms with Crippen LogP contribution in [0.15, 0.2) is 36.4 Å². The third-order valence-corrected chi connectivity index (χ3v) is 4.36. The van der Waals surface area contributed by atoms with Crippen LogP contribution in [0.3, 0.4) is 0 Å². The molecule has 0 radical (unpaired) electrons. The Morgan fingerprint density at radius 1 is 1.32 bits per heavy atom. The van der Waals surface area contributed by atoms with Gasteiger partial charge in [-0.1, -0.05) is 24.3 Å². The minimum Gasteiger partial charge on any atom is -0.496 e. The minimum atomic E-state index is -0.460. The highest BCUT2D eigenvalue weighted by Gasteiger charge is 2.33. The molecule has 1 fully saturated rings. The molecule has 2 amide bonds. The number of halogens is 1. The van der Waals surface area contributed by atoms with Gasteiger partial charge < -0.3 is 20.7 Å². The maximum atomic E-state index is 12.6. The lowest BCUT2D eigenvalue weighted by molar-refractivity contribution is -0.135. The molecule has 0 spiro atoms. The van der Waals surface area contributed by atoms with E-state index in [4.69, 9.17) is 10.5 Å². The van der Waals surface area contributed by atoms with Crippen molar-refractivity contribution < 1.29 is 14.3 Å². The lowest BCUT2D eigenvalue weighted by Crippen LogP contribution is -2.45. The molecule has 1 unspecified atom stereocenters. The molecule has 1 saturated heterocycles. The van der Waals surface area contributed by atoms with Crippen molar-refractivity contribution in [2.75, 3.05) is 25.5 Å². The Kier molecular flexibility index (Phi) is 6.22. The van der Waals surface area contributed by atoms with Crippen molar-refractivity contribution in [2.45, 2.75) is 18.9 Å². The van der Waals surface area contributed by atoms with Crippen LogP contribution in [-0.2, 0) is 9.59 Å². The number of rotatable bonds is 4. The summed E-state index contributed by atoms with van der Waals surface area (Å²) in [5.74, 6) is 0.320. The highest BCUT2D eigenvalue weighted by molar-refractivity contribution is 6.00. The second-order valence-electron chi connectivity index (χ2n) is 5.84. The highest BCUT2D eigenvalue weighted by atomic mass is 35.5. The van der Waals surface area contributed by atoms with Crippen molar-refractivity contribution in [3.8, 4) is 5.75 Å². The topological polar surface area (TPSA) is 84.7 Å². The summed E-state index contributed by atoms with van der Waals surface area (Å²) < 4.78 is 5.42. The first-order chi connectivity index (χ1) is 11.6. The predicted molar refractivity (Wildman–Crippen MR) is 100 cm³/mol. The molecule has 1 heterocycles. The number of hydrogen-bond acceptors (Lipinski definition) is 4. The second kappa shape index (κ2) is 8.18. The smallest absolute Gasteiger partial charge is 0.247 e. The summed E-state index contributed by atoms with van der Waals surface area (Å²) in [6, 6.07) is 11.1. The second-order valence-corrected chi connectivity index (χ2v) is 5.84. The van der Waals surface area contributed by atoms with Crippen molar-refractivity contribution in [1.82, 2.24) is 4.90 Å². The molecule has 2 aromatic rings. The van der Waals surface area contributed by atoms with Crippen molar-refractivity contribution in [3.05, 3.63) is 36.4 Å². The van der Waals surface area contributed by atoms with Gasteiger partial charge in [0.25, 0.3) is 0 Å². The summed E-state index contributed by atoms with van der Waals surface area (Å²) in [7, 11) is 1.60. The van der Waals surface area contributed by atoms with Gasteiger partial charge in [-0.2, -0.15) is 0 Å². The predicted octanol–water partition coefficient (Wildman–Crippen LogP) is 2.16. The van der Waals surface area contributed by atoms with Crippen LogP contribution in [0.2, 0.25) is 0 Å². The molecule has 0 saturated carbocycles. The van der Waals surface area contributed by atoms with Crippen molar-refractivity contribution in [1.29, 1.82) is 0 Å². The number of amides is 2. The molecule has 3 N–H and O–H groups in total. The Balaban J connectivity index is 0.00000225. The van der Waals surface area contributed by atoms with E-state index < -0.39 is 6.04 Å². The van der Waals surface area contributed by atoms with Crippen LogP contribution in [-0.4, -0.2) is 43.0 Å². The van der Waals surface area contributed by atoms with Crippen LogP contribution in [0.1, 0.15) is 12.8 Å².